The summed E-state index contributed by atoms with van der Waals surface area (Å²) >= 11 is 0. The lowest BCUT2D eigenvalue weighted by Gasteiger charge is -2.23. The van der Waals surface area contributed by atoms with E-state index in [0.29, 0.717) is 11.3 Å². The number of hydrogen-bond donors (Lipinski definition) is 1. The van der Waals surface area contributed by atoms with Gasteiger partial charge in [0.1, 0.15) is 11.4 Å². The summed E-state index contributed by atoms with van der Waals surface area (Å²) in [6, 6.07) is 6.08. The lowest BCUT2D eigenvalue weighted by molar-refractivity contribution is 0.407. The third kappa shape index (κ3) is 2.81. The van der Waals surface area contributed by atoms with Gasteiger partial charge >= 0.3 is 0 Å². The van der Waals surface area contributed by atoms with Gasteiger partial charge in [0.15, 0.2) is 11.6 Å². The zero-order valence-electron chi connectivity index (χ0n) is 14.6. The van der Waals surface area contributed by atoms with Crippen LogP contribution in [0.4, 0.5) is 8.78 Å². The van der Waals surface area contributed by atoms with Crippen molar-refractivity contribution in [3.8, 4) is 16.9 Å². The van der Waals surface area contributed by atoms with Crippen molar-refractivity contribution in [2.75, 3.05) is 20.7 Å². The predicted molar refractivity (Wildman–Crippen MR) is 97.1 cm³/mol. The molecule has 1 atom stereocenters. The lowest BCUT2D eigenvalue weighted by atomic mass is 9.97. The number of halogens is 2. The molecule has 3 heterocycles. The molecule has 4 nitrogen and oxygen atoms in total. The Bertz CT molecular complexity index is 996. The van der Waals surface area contributed by atoms with Crippen LogP contribution in [0.15, 0.2) is 42.7 Å². The fraction of sp³-hybridized carbons (Fsp3) is 0.250. The van der Waals surface area contributed by atoms with Gasteiger partial charge in [0, 0.05) is 48.4 Å². The number of rotatable bonds is 3. The molecule has 0 saturated heterocycles. The van der Waals surface area contributed by atoms with Crippen LogP contribution in [0.3, 0.4) is 0 Å². The second-order valence-corrected chi connectivity index (χ2v) is 6.53. The minimum Gasteiger partial charge on any atom is -0.496 e. The molecule has 0 radical (unpaired) electrons. The standard InChI is InChI=1S/C20H19F2N3O/c1-25-7-4-12(5-8-25)18-10-15-13(3-6-23-20(15)24-18)14-9-16(21)17(22)11-19(14)26-2/h3-4,6-7,9-12H,5,8H2,1-2H3,(H,23,24). The summed E-state index contributed by atoms with van der Waals surface area (Å²) in [5.74, 6) is -1.26. The predicted octanol–water partition coefficient (Wildman–Crippen LogP) is 4.45. The van der Waals surface area contributed by atoms with Crippen LogP contribution >= 0.6 is 0 Å². The summed E-state index contributed by atoms with van der Waals surface area (Å²) in [5, 5.41) is 0.860. The van der Waals surface area contributed by atoms with E-state index in [1.165, 1.54) is 13.2 Å². The van der Waals surface area contributed by atoms with Crippen LogP contribution in [0.2, 0.25) is 0 Å². The number of allylic oxidation sites excluding steroid dienone is 1. The average Bonchev–Trinajstić information content (AvgIpc) is 3.08. The summed E-state index contributed by atoms with van der Waals surface area (Å²) in [7, 11) is 3.49. The van der Waals surface area contributed by atoms with Crippen molar-refractivity contribution < 1.29 is 13.5 Å². The van der Waals surface area contributed by atoms with Gasteiger partial charge in [-0.1, -0.05) is 6.08 Å². The van der Waals surface area contributed by atoms with E-state index in [1.54, 1.807) is 12.3 Å². The molecule has 134 valence electrons. The molecule has 0 saturated carbocycles. The van der Waals surface area contributed by atoms with Crippen LogP contribution in [0.25, 0.3) is 22.2 Å². The first-order valence-electron chi connectivity index (χ1n) is 8.46. The molecule has 1 unspecified atom stereocenters. The summed E-state index contributed by atoms with van der Waals surface area (Å²) in [5.41, 5.74) is 3.04. The Morgan fingerprint density at radius 2 is 2.00 bits per heavy atom. The van der Waals surface area contributed by atoms with Gasteiger partial charge in [-0.3, -0.25) is 0 Å². The third-order valence-corrected chi connectivity index (χ3v) is 4.85. The third-order valence-electron chi connectivity index (χ3n) is 4.85. The summed E-state index contributed by atoms with van der Waals surface area (Å²) in [4.78, 5) is 9.91. The number of H-pyrrole nitrogens is 1. The van der Waals surface area contributed by atoms with E-state index in [0.717, 1.165) is 41.3 Å². The van der Waals surface area contributed by atoms with E-state index in [1.807, 2.05) is 13.1 Å². The SMILES string of the molecule is COc1cc(F)c(F)cc1-c1ccnc2[nH]c(C3C=CN(C)CC3)cc12. The number of nitrogens with one attached hydrogen (secondary N) is 1. The highest BCUT2D eigenvalue weighted by molar-refractivity contribution is 5.95. The fourth-order valence-corrected chi connectivity index (χ4v) is 3.41. The van der Waals surface area contributed by atoms with Gasteiger partial charge in [-0.2, -0.15) is 0 Å². The zero-order valence-corrected chi connectivity index (χ0v) is 14.6. The topological polar surface area (TPSA) is 41.1 Å². The first-order valence-corrected chi connectivity index (χ1v) is 8.46. The van der Waals surface area contributed by atoms with E-state index in [2.05, 4.69) is 27.1 Å². The van der Waals surface area contributed by atoms with Crippen molar-refractivity contribution in [2.24, 2.45) is 0 Å². The molecule has 1 aromatic carbocycles. The van der Waals surface area contributed by atoms with Crippen molar-refractivity contribution >= 4 is 11.0 Å². The zero-order chi connectivity index (χ0) is 18.3. The molecular formula is C20H19F2N3O. The average molecular weight is 355 g/mol. The summed E-state index contributed by atoms with van der Waals surface area (Å²) < 4.78 is 32.7. The molecule has 2 aromatic heterocycles. The molecule has 0 fully saturated rings. The number of nitrogens with zero attached hydrogens (tertiary/aromatic N) is 2. The Morgan fingerprint density at radius 1 is 1.19 bits per heavy atom. The van der Waals surface area contributed by atoms with Crippen LogP contribution < -0.4 is 4.74 Å². The molecule has 0 aliphatic carbocycles. The monoisotopic (exact) mass is 355 g/mol. The number of ether oxygens (including phenoxy) is 1. The first-order chi connectivity index (χ1) is 12.6. The molecule has 6 heteroatoms. The van der Waals surface area contributed by atoms with Crippen molar-refractivity contribution in [2.45, 2.75) is 12.3 Å². The van der Waals surface area contributed by atoms with Gasteiger partial charge in [-0.05, 0) is 36.4 Å². The molecule has 0 amide bonds. The normalized spacial score (nSPS) is 17.1. The molecule has 1 N–H and O–H groups in total. The Kier molecular flexibility index (Phi) is 4.11. The van der Waals surface area contributed by atoms with E-state index < -0.39 is 11.6 Å². The van der Waals surface area contributed by atoms with Crippen LogP contribution in [0.5, 0.6) is 5.75 Å². The summed E-state index contributed by atoms with van der Waals surface area (Å²) in [6.45, 7) is 0.980. The van der Waals surface area contributed by atoms with E-state index >= 15 is 0 Å². The Hall–Kier alpha value is -2.89. The number of aromatic nitrogens is 2. The Morgan fingerprint density at radius 3 is 2.73 bits per heavy atom. The maximum absolute atomic E-state index is 13.8. The number of hydrogen-bond acceptors (Lipinski definition) is 3. The minimum absolute atomic E-state index is 0.278. The van der Waals surface area contributed by atoms with E-state index in [4.69, 9.17) is 4.74 Å². The number of pyridine rings is 1. The van der Waals surface area contributed by atoms with E-state index in [-0.39, 0.29) is 5.92 Å². The molecule has 1 aliphatic rings. The quantitative estimate of drug-likeness (QED) is 0.755. The second-order valence-electron chi connectivity index (χ2n) is 6.53. The maximum atomic E-state index is 13.8. The van der Waals surface area contributed by atoms with Crippen LogP contribution in [0.1, 0.15) is 18.0 Å². The molecule has 1 aliphatic heterocycles. The van der Waals surface area contributed by atoms with Crippen LogP contribution in [-0.4, -0.2) is 35.6 Å². The second kappa shape index (κ2) is 6.44. The van der Waals surface area contributed by atoms with Gasteiger partial charge in [0.25, 0.3) is 0 Å². The highest BCUT2D eigenvalue weighted by Crippen LogP contribution is 2.37. The summed E-state index contributed by atoms with van der Waals surface area (Å²) in [6.07, 6.45) is 6.89. The van der Waals surface area contributed by atoms with Gasteiger partial charge in [-0.15, -0.1) is 0 Å². The van der Waals surface area contributed by atoms with E-state index in [9.17, 15) is 8.78 Å². The molecule has 4 rings (SSSR count). The lowest BCUT2D eigenvalue weighted by Crippen LogP contribution is -2.19. The Labute approximate surface area is 150 Å². The molecule has 3 aromatic rings. The largest absolute Gasteiger partial charge is 0.496 e. The molecular weight excluding hydrogens is 336 g/mol. The van der Waals surface area contributed by atoms with Gasteiger partial charge < -0.3 is 14.6 Å². The fourth-order valence-electron chi connectivity index (χ4n) is 3.41. The maximum Gasteiger partial charge on any atom is 0.162 e. The van der Waals surface area contributed by atoms with Crippen molar-refractivity contribution in [1.29, 1.82) is 0 Å². The van der Waals surface area contributed by atoms with Gasteiger partial charge in [0.05, 0.1) is 7.11 Å². The molecule has 0 bridgehead atoms. The minimum atomic E-state index is -0.929. The number of benzene rings is 1. The number of aromatic amines is 1. The number of fused-ring (bicyclic) bond motifs is 1. The highest BCUT2D eigenvalue weighted by Gasteiger charge is 2.19. The van der Waals surface area contributed by atoms with Crippen molar-refractivity contribution in [3.05, 3.63) is 60.1 Å². The number of methoxy groups -OCH3 is 1. The highest BCUT2D eigenvalue weighted by atomic mass is 19.2. The van der Waals surface area contributed by atoms with Crippen LogP contribution in [0, 0.1) is 11.6 Å². The Balaban J connectivity index is 1.85. The smallest absolute Gasteiger partial charge is 0.162 e. The van der Waals surface area contributed by atoms with Crippen molar-refractivity contribution in [1.82, 2.24) is 14.9 Å². The van der Waals surface area contributed by atoms with Gasteiger partial charge in [-0.25, -0.2) is 13.8 Å². The van der Waals surface area contributed by atoms with Gasteiger partial charge in [0.2, 0.25) is 0 Å². The van der Waals surface area contributed by atoms with Crippen molar-refractivity contribution in [3.63, 3.8) is 0 Å². The first kappa shape index (κ1) is 16.6. The van der Waals surface area contributed by atoms with Crippen LogP contribution in [-0.2, 0) is 0 Å². The molecule has 26 heavy (non-hydrogen) atoms. The molecule has 0 spiro atoms.